The van der Waals surface area contributed by atoms with Crippen molar-refractivity contribution in [1.29, 1.82) is 0 Å². The van der Waals surface area contributed by atoms with E-state index in [1.807, 2.05) is 19.1 Å². The minimum absolute atomic E-state index is 0.407. The molecule has 1 rings (SSSR count). The monoisotopic (exact) mass is 175 g/mol. The zero-order chi connectivity index (χ0) is 9.84. The molecular formula is C12H17N. The molecule has 0 bridgehead atoms. The van der Waals surface area contributed by atoms with Crippen LogP contribution in [0, 0.1) is 6.92 Å². The van der Waals surface area contributed by atoms with Gasteiger partial charge in [-0.2, -0.15) is 0 Å². The molecule has 0 fully saturated rings. The lowest BCUT2D eigenvalue weighted by atomic mass is 9.97. The highest BCUT2D eigenvalue weighted by Gasteiger charge is 2.04. The highest BCUT2D eigenvalue weighted by molar-refractivity contribution is 5.51. The van der Waals surface area contributed by atoms with Crippen molar-refractivity contribution in [2.45, 2.75) is 26.7 Å². The molecule has 1 aromatic carbocycles. The van der Waals surface area contributed by atoms with Gasteiger partial charge in [0.15, 0.2) is 0 Å². The number of hydrogen-bond acceptors (Lipinski definition) is 1. The van der Waals surface area contributed by atoms with Crippen molar-refractivity contribution in [2.24, 2.45) is 0 Å². The third-order valence-corrected chi connectivity index (χ3v) is 2.21. The van der Waals surface area contributed by atoms with E-state index in [-0.39, 0.29) is 0 Å². The SMILES string of the molecule is C/C=C/[C@@H](C)c1cc(C)ccc1N. The molecule has 0 amide bonds. The van der Waals surface area contributed by atoms with E-state index in [2.05, 4.69) is 32.1 Å². The number of hydrogen-bond donors (Lipinski definition) is 1. The zero-order valence-corrected chi connectivity index (χ0v) is 8.54. The van der Waals surface area contributed by atoms with Crippen LogP contribution in [0.15, 0.2) is 30.4 Å². The topological polar surface area (TPSA) is 26.0 Å². The number of nitrogens with two attached hydrogens (primary N) is 1. The summed E-state index contributed by atoms with van der Waals surface area (Å²) in [5, 5.41) is 0. The van der Waals surface area contributed by atoms with E-state index in [0.29, 0.717) is 5.92 Å². The molecule has 2 N–H and O–H groups in total. The maximum atomic E-state index is 5.89. The first kappa shape index (κ1) is 9.85. The predicted molar refractivity (Wildman–Crippen MR) is 58.8 cm³/mol. The molecule has 0 unspecified atom stereocenters. The molecule has 0 aliphatic rings. The minimum Gasteiger partial charge on any atom is -0.398 e. The largest absolute Gasteiger partial charge is 0.398 e. The van der Waals surface area contributed by atoms with E-state index in [9.17, 15) is 0 Å². The Labute approximate surface area is 80.3 Å². The van der Waals surface area contributed by atoms with Gasteiger partial charge >= 0.3 is 0 Å². The molecule has 1 heteroatoms. The number of rotatable bonds is 2. The van der Waals surface area contributed by atoms with Crippen molar-refractivity contribution < 1.29 is 0 Å². The normalized spacial score (nSPS) is 13.5. The summed E-state index contributed by atoms with van der Waals surface area (Å²) in [6.07, 6.45) is 4.22. The molecule has 0 spiro atoms. The lowest BCUT2D eigenvalue weighted by molar-refractivity contribution is 0.966. The number of nitrogen functional groups attached to an aromatic ring is 1. The van der Waals surface area contributed by atoms with Crippen LogP contribution in [-0.2, 0) is 0 Å². The number of allylic oxidation sites excluding steroid dienone is 2. The first-order valence-electron chi connectivity index (χ1n) is 4.64. The molecule has 1 aromatic rings. The summed E-state index contributed by atoms with van der Waals surface area (Å²) in [6.45, 7) is 6.28. The Bertz CT molecular complexity index is 313. The molecule has 1 nitrogen and oxygen atoms in total. The second-order valence-corrected chi connectivity index (χ2v) is 3.45. The molecule has 0 aliphatic carbocycles. The summed E-state index contributed by atoms with van der Waals surface area (Å²) in [7, 11) is 0. The minimum atomic E-state index is 0.407. The van der Waals surface area contributed by atoms with Gasteiger partial charge in [0, 0.05) is 11.6 Å². The maximum Gasteiger partial charge on any atom is 0.0352 e. The number of benzene rings is 1. The molecule has 70 valence electrons. The van der Waals surface area contributed by atoms with Gasteiger partial charge in [0.1, 0.15) is 0 Å². The van der Waals surface area contributed by atoms with Gasteiger partial charge in [-0.25, -0.2) is 0 Å². The number of anilines is 1. The standard InChI is InChI=1S/C12H17N/c1-4-5-10(3)11-8-9(2)6-7-12(11)13/h4-8,10H,13H2,1-3H3/b5-4+/t10-/m1/s1. The summed E-state index contributed by atoms with van der Waals surface area (Å²) < 4.78 is 0. The molecule has 0 saturated heterocycles. The van der Waals surface area contributed by atoms with Crippen LogP contribution in [0.3, 0.4) is 0 Å². The van der Waals surface area contributed by atoms with Crippen molar-refractivity contribution >= 4 is 5.69 Å². The van der Waals surface area contributed by atoms with Crippen LogP contribution in [0.25, 0.3) is 0 Å². The lowest BCUT2D eigenvalue weighted by Gasteiger charge is -2.10. The Kier molecular flexibility index (Phi) is 3.13. The van der Waals surface area contributed by atoms with E-state index in [0.717, 1.165) is 5.69 Å². The second-order valence-electron chi connectivity index (χ2n) is 3.45. The van der Waals surface area contributed by atoms with E-state index >= 15 is 0 Å². The van der Waals surface area contributed by atoms with E-state index in [1.54, 1.807) is 0 Å². The van der Waals surface area contributed by atoms with Gasteiger partial charge in [-0.15, -0.1) is 0 Å². The first-order chi connectivity index (χ1) is 6.15. The van der Waals surface area contributed by atoms with Gasteiger partial charge in [0.2, 0.25) is 0 Å². The molecular weight excluding hydrogens is 158 g/mol. The van der Waals surface area contributed by atoms with Crippen LogP contribution in [0.1, 0.15) is 30.9 Å². The van der Waals surface area contributed by atoms with Crippen LogP contribution in [0.4, 0.5) is 5.69 Å². The fourth-order valence-corrected chi connectivity index (χ4v) is 1.48. The average molecular weight is 175 g/mol. The first-order valence-corrected chi connectivity index (χ1v) is 4.64. The quantitative estimate of drug-likeness (QED) is 0.542. The van der Waals surface area contributed by atoms with Crippen molar-refractivity contribution in [3.05, 3.63) is 41.5 Å². The lowest BCUT2D eigenvalue weighted by Crippen LogP contribution is -1.97. The summed E-state index contributed by atoms with van der Waals surface area (Å²) in [5.41, 5.74) is 9.26. The molecule has 0 saturated carbocycles. The maximum absolute atomic E-state index is 5.89. The van der Waals surface area contributed by atoms with Crippen molar-refractivity contribution in [1.82, 2.24) is 0 Å². The Balaban J connectivity index is 3.05. The van der Waals surface area contributed by atoms with Crippen LogP contribution in [0.5, 0.6) is 0 Å². The summed E-state index contributed by atoms with van der Waals surface area (Å²) in [4.78, 5) is 0. The average Bonchev–Trinajstić information content (AvgIpc) is 2.09. The van der Waals surface area contributed by atoms with Crippen LogP contribution < -0.4 is 5.73 Å². The van der Waals surface area contributed by atoms with Gasteiger partial charge in [-0.1, -0.05) is 36.8 Å². The van der Waals surface area contributed by atoms with Gasteiger partial charge in [-0.05, 0) is 25.5 Å². The highest BCUT2D eigenvalue weighted by atomic mass is 14.6. The Morgan fingerprint density at radius 2 is 2.08 bits per heavy atom. The fraction of sp³-hybridized carbons (Fsp3) is 0.333. The van der Waals surface area contributed by atoms with Gasteiger partial charge in [-0.3, -0.25) is 0 Å². The van der Waals surface area contributed by atoms with E-state index in [4.69, 9.17) is 5.73 Å². The zero-order valence-electron chi connectivity index (χ0n) is 8.54. The van der Waals surface area contributed by atoms with Gasteiger partial charge in [0.05, 0.1) is 0 Å². The van der Waals surface area contributed by atoms with Crippen LogP contribution >= 0.6 is 0 Å². The summed E-state index contributed by atoms with van der Waals surface area (Å²) >= 11 is 0. The van der Waals surface area contributed by atoms with Crippen LogP contribution in [-0.4, -0.2) is 0 Å². The Hall–Kier alpha value is -1.24. The fourth-order valence-electron chi connectivity index (χ4n) is 1.48. The Morgan fingerprint density at radius 3 is 2.69 bits per heavy atom. The van der Waals surface area contributed by atoms with E-state index in [1.165, 1.54) is 11.1 Å². The van der Waals surface area contributed by atoms with Gasteiger partial charge in [0.25, 0.3) is 0 Å². The Morgan fingerprint density at radius 1 is 1.38 bits per heavy atom. The molecule has 0 aromatic heterocycles. The predicted octanol–water partition coefficient (Wildman–Crippen LogP) is 3.26. The molecule has 13 heavy (non-hydrogen) atoms. The molecule has 1 atom stereocenters. The van der Waals surface area contributed by atoms with Gasteiger partial charge < -0.3 is 5.73 Å². The molecule has 0 heterocycles. The van der Waals surface area contributed by atoms with E-state index < -0.39 is 0 Å². The van der Waals surface area contributed by atoms with Crippen molar-refractivity contribution in [2.75, 3.05) is 5.73 Å². The molecule has 0 aliphatic heterocycles. The van der Waals surface area contributed by atoms with Crippen LogP contribution in [0.2, 0.25) is 0 Å². The summed E-state index contributed by atoms with van der Waals surface area (Å²) in [5.74, 6) is 0.407. The van der Waals surface area contributed by atoms with Crippen molar-refractivity contribution in [3.8, 4) is 0 Å². The third-order valence-electron chi connectivity index (χ3n) is 2.21. The second kappa shape index (κ2) is 4.13. The number of aryl methyl sites for hydroxylation is 1. The third kappa shape index (κ3) is 2.35. The van der Waals surface area contributed by atoms with Crippen molar-refractivity contribution in [3.63, 3.8) is 0 Å². The summed E-state index contributed by atoms with van der Waals surface area (Å²) in [6, 6.07) is 6.17. The molecule has 0 radical (unpaired) electrons. The highest BCUT2D eigenvalue weighted by Crippen LogP contribution is 2.24. The smallest absolute Gasteiger partial charge is 0.0352 e.